The van der Waals surface area contributed by atoms with Crippen molar-refractivity contribution in [3.63, 3.8) is 0 Å². The van der Waals surface area contributed by atoms with Crippen molar-refractivity contribution in [2.75, 3.05) is 0 Å². The van der Waals surface area contributed by atoms with Crippen LogP contribution < -0.4 is 0 Å². The summed E-state index contributed by atoms with van der Waals surface area (Å²) in [6, 6.07) is 0. The molecule has 0 N–H and O–H groups in total. The second-order valence-electron chi connectivity index (χ2n) is 2.95. The summed E-state index contributed by atoms with van der Waals surface area (Å²) in [7, 11) is 0. The molecule has 0 saturated carbocycles. The van der Waals surface area contributed by atoms with Crippen molar-refractivity contribution in [2.45, 2.75) is 38.1 Å². The van der Waals surface area contributed by atoms with Crippen LogP contribution in [0.15, 0.2) is 0 Å². The second-order valence-corrected chi connectivity index (χ2v) is 2.95. The van der Waals surface area contributed by atoms with Gasteiger partial charge < -0.3 is 9.47 Å². The standard InChI is InChI=1S/C7H10O3/c1-4-2-5-6(9-4)3-7(8)10-5/h4-6H,2-3H2,1H3/t4-,5+,6+/m1/s1. The number of rotatable bonds is 0. The average molecular weight is 142 g/mol. The van der Waals surface area contributed by atoms with E-state index in [1.165, 1.54) is 0 Å². The van der Waals surface area contributed by atoms with E-state index in [-0.39, 0.29) is 24.3 Å². The Morgan fingerprint density at radius 2 is 2.30 bits per heavy atom. The number of hydrogen-bond acceptors (Lipinski definition) is 3. The van der Waals surface area contributed by atoms with Crippen LogP contribution in [-0.2, 0) is 14.3 Å². The van der Waals surface area contributed by atoms with Gasteiger partial charge in [-0.3, -0.25) is 4.79 Å². The van der Waals surface area contributed by atoms with Crippen molar-refractivity contribution in [3.05, 3.63) is 0 Å². The highest BCUT2D eigenvalue weighted by Crippen LogP contribution is 2.30. The van der Waals surface area contributed by atoms with Gasteiger partial charge in [-0.05, 0) is 6.92 Å². The third-order valence-electron chi connectivity index (χ3n) is 2.04. The van der Waals surface area contributed by atoms with E-state index < -0.39 is 0 Å². The molecule has 0 radical (unpaired) electrons. The zero-order chi connectivity index (χ0) is 7.14. The molecule has 0 aromatic rings. The molecule has 0 aromatic heterocycles. The van der Waals surface area contributed by atoms with Gasteiger partial charge in [-0.1, -0.05) is 0 Å². The molecule has 0 unspecified atom stereocenters. The first kappa shape index (κ1) is 6.16. The molecule has 3 heteroatoms. The van der Waals surface area contributed by atoms with Gasteiger partial charge in [0.15, 0.2) is 0 Å². The van der Waals surface area contributed by atoms with Crippen LogP contribution in [-0.4, -0.2) is 24.3 Å². The Hall–Kier alpha value is -0.570. The zero-order valence-corrected chi connectivity index (χ0v) is 5.87. The van der Waals surface area contributed by atoms with Crippen LogP contribution in [0.25, 0.3) is 0 Å². The fourth-order valence-electron chi connectivity index (χ4n) is 1.61. The number of fused-ring (bicyclic) bond motifs is 1. The smallest absolute Gasteiger partial charge is 0.308 e. The molecule has 56 valence electrons. The van der Waals surface area contributed by atoms with Gasteiger partial charge >= 0.3 is 5.97 Å². The van der Waals surface area contributed by atoms with E-state index in [4.69, 9.17) is 9.47 Å². The van der Waals surface area contributed by atoms with Crippen molar-refractivity contribution in [3.8, 4) is 0 Å². The number of hydrogen-bond donors (Lipinski definition) is 0. The highest BCUT2D eigenvalue weighted by molar-refractivity contribution is 5.72. The summed E-state index contributed by atoms with van der Waals surface area (Å²) in [6.07, 6.45) is 1.71. The van der Waals surface area contributed by atoms with Crippen LogP contribution >= 0.6 is 0 Å². The van der Waals surface area contributed by atoms with E-state index >= 15 is 0 Å². The maximum Gasteiger partial charge on any atom is 0.308 e. The SMILES string of the molecule is C[C@@H]1C[C@@H]2OC(=O)C[C@@H]2O1. The number of esters is 1. The number of ether oxygens (including phenoxy) is 2. The summed E-state index contributed by atoms with van der Waals surface area (Å²) in [5.74, 6) is -0.109. The molecule has 2 fully saturated rings. The van der Waals surface area contributed by atoms with Gasteiger partial charge in [0.25, 0.3) is 0 Å². The maximum absolute atomic E-state index is 10.7. The van der Waals surface area contributed by atoms with Gasteiger partial charge in [0, 0.05) is 6.42 Å². The van der Waals surface area contributed by atoms with E-state index in [9.17, 15) is 4.79 Å². The third kappa shape index (κ3) is 0.814. The van der Waals surface area contributed by atoms with Crippen molar-refractivity contribution in [1.29, 1.82) is 0 Å². The monoisotopic (exact) mass is 142 g/mol. The molecular formula is C7H10O3. The minimum Gasteiger partial charge on any atom is -0.459 e. The molecule has 3 nitrogen and oxygen atoms in total. The van der Waals surface area contributed by atoms with E-state index in [1.54, 1.807) is 0 Å². The Morgan fingerprint density at radius 3 is 3.00 bits per heavy atom. The highest BCUT2D eigenvalue weighted by atomic mass is 16.6. The van der Waals surface area contributed by atoms with Crippen LogP contribution in [0.3, 0.4) is 0 Å². The Labute approximate surface area is 59.3 Å². The van der Waals surface area contributed by atoms with E-state index in [1.807, 2.05) is 6.92 Å². The molecule has 0 aliphatic carbocycles. The average Bonchev–Trinajstić information content (AvgIpc) is 2.21. The van der Waals surface area contributed by atoms with Crippen LogP contribution in [0.5, 0.6) is 0 Å². The number of carbonyl (C=O) groups excluding carboxylic acids is 1. The predicted octanol–water partition coefficient (Wildman–Crippen LogP) is 0.479. The van der Waals surface area contributed by atoms with Gasteiger partial charge in [-0.2, -0.15) is 0 Å². The van der Waals surface area contributed by atoms with Crippen LogP contribution in [0.1, 0.15) is 19.8 Å². The number of carbonyl (C=O) groups is 1. The van der Waals surface area contributed by atoms with E-state index in [2.05, 4.69) is 0 Å². The lowest BCUT2D eigenvalue weighted by molar-refractivity contribution is -0.141. The summed E-state index contributed by atoms with van der Waals surface area (Å²) in [4.78, 5) is 10.7. The lowest BCUT2D eigenvalue weighted by Crippen LogP contribution is -2.13. The Morgan fingerprint density at radius 1 is 1.50 bits per heavy atom. The zero-order valence-electron chi connectivity index (χ0n) is 5.87. The molecule has 0 bridgehead atoms. The van der Waals surface area contributed by atoms with Crippen molar-refractivity contribution in [2.24, 2.45) is 0 Å². The molecule has 10 heavy (non-hydrogen) atoms. The minimum absolute atomic E-state index is 0.0579. The molecule has 2 heterocycles. The fraction of sp³-hybridized carbons (Fsp3) is 0.857. The maximum atomic E-state index is 10.7. The normalized spacial score (nSPS) is 45.3. The topological polar surface area (TPSA) is 35.5 Å². The van der Waals surface area contributed by atoms with Crippen LogP contribution in [0, 0.1) is 0 Å². The molecule has 3 atom stereocenters. The Bertz CT molecular complexity index is 150. The molecule has 2 rings (SSSR count). The van der Waals surface area contributed by atoms with Crippen molar-refractivity contribution < 1.29 is 14.3 Å². The first-order valence-corrected chi connectivity index (χ1v) is 3.60. The van der Waals surface area contributed by atoms with Crippen molar-refractivity contribution in [1.82, 2.24) is 0 Å². The summed E-state index contributed by atoms with van der Waals surface area (Å²) in [6.45, 7) is 2.01. The summed E-state index contributed by atoms with van der Waals surface area (Å²) < 4.78 is 10.4. The van der Waals surface area contributed by atoms with Gasteiger partial charge in [0.1, 0.15) is 12.2 Å². The largest absolute Gasteiger partial charge is 0.459 e. The van der Waals surface area contributed by atoms with Gasteiger partial charge in [0.05, 0.1) is 12.5 Å². The van der Waals surface area contributed by atoms with E-state index in [0.717, 1.165) is 6.42 Å². The van der Waals surface area contributed by atoms with Crippen molar-refractivity contribution >= 4 is 5.97 Å². The quantitative estimate of drug-likeness (QED) is 0.461. The first-order valence-electron chi connectivity index (χ1n) is 3.60. The minimum atomic E-state index is -0.109. The van der Waals surface area contributed by atoms with Gasteiger partial charge in [-0.15, -0.1) is 0 Å². The Kier molecular flexibility index (Phi) is 1.20. The Balaban J connectivity index is 2.06. The summed E-state index contributed by atoms with van der Waals surface area (Å²) in [5.41, 5.74) is 0. The van der Waals surface area contributed by atoms with Crippen LogP contribution in [0.2, 0.25) is 0 Å². The molecule has 2 aliphatic heterocycles. The summed E-state index contributed by atoms with van der Waals surface area (Å²) >= 11 is 0. The fourth-order valence-corrected chi connectivity index (χ4v) is 1.61. The van der Waals surface area contributed by atoms with E-state index in [0.29, 0.717) is 6.42 Å². The third-order valence-corrected chi connectivity index (χ3v) is 2.04. The molecule has 0 aromatic carbocycles. The molecule has 0 spiro atoms. The van der Waals surface area contributed by atoms with Gasteiger partial charge in [-0.25, -0.2) is 0 Å². The van der Waals surface area contributed by atoms with Gasteiger partial charge in [0.2, 0.25) is 0 Å². The first-order chi connectivity index (χ1) is 4.75. The molecular weight excluding hydrogens is 132 g/mol. The lowest BCUT2D eigenvalue weighted by Gasteiger charge is -2.02. The molecule has 0 amide bonds. The molecule has 2 aliphatic rings. The predicted molar refractivity (Wildman–Crippen MR) is 33.4 cm³/mol. The van der Waals surface area contributed by atoms with Crippen LogP contribution in [0.4, 0.5) is 0 Å². The second kappa shape index (κ2) is 1.95. The lowest BCUT2D eigenvalue weighted by atomic mass is 10.1. The summed E-state index contributed by atoms with van der Waals surface area (Å²) in [5, 5.41) is 0. The molecule has 2 saturated heterocycles. The highest BCUT2D eigenvalue weighted by Gasteiger charge is 2.42.